The van der Waals surface area contributed by atoms with Crippen molar-refractivity contribution in [3.05, 3.63) is 23.8 Å². The van der Waals surface area contributed by atoms with E-state index >= 15 is 0 Å². The Labute approximate surface area is 160 Å². The minimum atomic E-state index is -1.06. The van der Waals surface area contributed by atoms with Crippen molar-refractivity contribution in [2.75, 3.05) is 26.9 Å². The Morgan fingerprint density at radius 1 is 1.33 bits per heavy atom. The highest BCUT2D eigenvalue weighted by Gasteiger charge is 2.31. The van der Waals surface area contributed by atoms with Crippen molar-refractivity contribution >= 4 is 11.9 Å². The second kappa shape index (κ2) is 10.2. The summed E-state index contributed by atoms with van der Waals surface area (Å²) in [6, 6.07) is 3.87. The fourth-order valence-corrected chi connectivity index (χ4v) is 2.97. The Balaban J connectivity index is 2.06. The van der Waals surface area contributed by atoms with Crippen molar-refractivity contribution < 1.29 is 28.9 Å². The fourth-order valence-electron chi connectivity index (χ4n) is 2.97. The summed E-state index contributed by atoms with van der Waals surface area (Å²) < 4.78 is 16.4. The van der Waals surface area contributed by atoms with Crippen LogP contribution in [0.4, 0.5) is 0 Å². The van der Waals surface area contributed by atoms with Gasteiger partial charge in [0.2, 0.25) is 0 Å². The standard InChI is InChI=1S/C20H29NO6/c1-13(2)8-10-27-16-7-6-14(11-17(16)25-3)19(22)21-18(20(23)24)15-5-4-9-26-12-15/h6-7,11,13,15,18H,4-5,8-10,12H2,1-3H3,(H,21,22)(H,23,24). The molecule has 0 spiro atoms. The molecule has 1 saturated heterocycles. The molecule has 1 aromatic rings. The highest BCUT2D eigenvalue weighted by Crippen LogP contribution is 2.28. The molecule has 1 fully saturated rings. The number of rotatable bonds is 9. The third kappa shape index (κ3) is 6.13. The van der Waals surface area contributed by atoms with Gasteiger partial charge in [0, 0.05) is 18.1 Å². The molecule has 0 saturated carbocycles. The van der Waals surface area contributed by atoms with Crippen molar-refractivity contribution in [1.82, 2.24) is 5.32 Å². The Hall–Kier alpha value is -2.28. The van der Waals surface area contributed by atoms with Crippen molar-refractivity contribution in [1.29, 1.82) is 0 Å². The summed E-state index contributed by atoms with van der Waals surface area (Å²) in [5.74, 6) is -0.220. The van der Waals surface area contributed by atoms with Crippen molar-refractivity contribution in [3.8, 4) is 11.5 Å². The molecule has 7 heteroatoms. The Bertz CT molecular complexity index is 639. The minimum absolute atomic E-state index is 0.235. The van der Waals surface area contributed by atoms with Gasteiger partial charge < -0.3 is 24.6 Å². The van der Waals surface area contributed by atoms with Crippen LogP contribution in [0.3, 0.4) is 0 Å². The summed E-state index contributed by atoms with van der Waals surface area (Å²) in [4.78, 5) is 24.2. The van der Waals surface area contributed by atoms with Gasteiger partial charge in [0.15, 0.2) is 11.5 Å². The van der Waals surface area contributed by atoms with Gasteiger partial charge in [-0.15, -0.1) is 0 Å². The second-order valence-corrected chi connectivity index (χ2v) is 7.16. The van der Waals surface area contributed by atoms with Gasteiger partial charge in [0.1, 0.15) is 6.04 Å². The van der Waals surface area contributed by atoms with Gasteiger partial charge in [-0.05, 0) is 43.4 Å². The van der Waals surface area contributed by atoms with E-state index in [2.05, 4.69) is 19.2 Å². The number of carboxylic acids is 1. The monoisotopic (exact) mass is 379 g/mol. The first kappa shape index (κ1) is 21.0. The third-order valence-electron chi connectivity index (χ3n) is 4.60. The lowest BCUT2D eigenvalue weighted by atomic mass is 9.93. The molecule has 0 radical (unpaired) electrons. The summed E-state index contributed by atoms with van der Waals surface area (Å²) in [5, 5.41) is 12.1. The van der Waals surface area contributed by atoms with E-state index in [9.17, 15) is 14.7 Å². The van der Waals surface area contributed by atoms with Gasteiger partial charge in [-0.1, -0.05) is 13.8 Å². The van der Waals surface area contributed by atoms with E-state index in [-0.39, 0.29) is 5.92 Å². The first-order valence-corrected chi connectivity index (χ1v) is 9.34. The number of benzene rings is 1. The van der Waals surface area contributed by atoms with Crippen LogP contribution in [0.25, 0.3) is 0 Å². The third-order valence-corrected chi connectivity index (χ3v) is 4.60. The molecule has 2 N–H and O–H groups in total. The van der Waals surface area contributed by atoms with E-state index in [0.717, 1.165) is 12.8 Å². The molecule has 0 aromatic heterocycles. The zero-order valence-corrected chi connectivity index (χ0v) is 16.2. The molecular formula is C20H29NO6. The summed E-state index contributed by atoms with van der Waals surface area (Å²) in [6.45, 7) is 5.76. The summed E-state index contributed by atoms with van der Waals surface area (Å²) in [6.07, 6.45) is 2.42. The number of aliphatic carboxylic acids is 1. The van der Waals surface area contributed by atoms with Gasteiger partial charge in [-0.2, -0.15) is 0 Å². The molecule has 0 aliphatic carbocycles. The van der Waals surface area contributed by atoms with Gasteiger partial charge in [-0.3, -0.25) is 4.79 Å². The molecule has 1 aliphatic heterocycles. The molecule has 1 heterocycles. The number of ether oxygens (including phenoxy) is 3. The van der Waals surface area contributed by atoms with Crippen molar-refractivity contribution in [2.24, 2.45) is 11.8 Å². The Morgan fingerprint density at radius 3 is 2.70 bits per heavy atom. The van der Waals surface area contributed by atoms with E-state index in [0.29, 0.717) is 49.2 Å². The minimum Gasteiger partial charge on any atom is -0.493 e. The van der Waals surface area contributed by atoms with Gasteiger partial charge >= 0.3 is 5.97 Å². The molecule has 150 valence electrons. The zero-order chi connectivity index (χ0) is 19.8. The number of amides is 1. The summed E-state index contributed by atoms with van der Waals surface area (Å²) >= 11 is 0. The van der Waals surface area contributed by atoms with Crippen LogP contribution in [0.15, 0.2) is 18.2 Å². The average Bonchev–Trinajstić information content (AvgIpc) is 2.66. The maximum Gasteiger partial charge on any atom is 0.326 e. The number of hydrogen-bond acceptors (Lipinski definition) is 5. The SMILES string of the molecule is COc1cc(C(=O)NC(C(=O)O)C2CCCOC2)ccc1OCCC(C)C. The van der Waals surface area contributed by atoms with E-state index in [4.69, 9.17) is 14.2 Å². The fraction of sp³-hybridized carbons (Fsp3) is 0.600. The van der Waals surface area contributed by atoms with Crippen LogP contribution in [-0.2, 0) is 9.53 Å². The second-order valence-electron chi connectivity index (χ2n) is 7.16. The number of nitrogens with one attached hydrogen (secondary N) is 1. The van der Waals surface area contributed by atoms with Crippen LogP contribution in [0.1, 0.15) is 43.5 Å². The number of carboxylic acid groups (broad SMARTS) is 1. The van der Waals surface area contributed by atoms with Crippen LogP contribution in [-0.4, -0.2) is 50.0 Å². The van der Waals surface area contributed by atoms with Crippen LogP contribution in [0.5, 0.6) is 11.5 Å². The lowest BCUT2D eigenvalue weighted by molar-refractivity contribution is -0.142. The highest BCUT2D eigenvalue weighted by atomic mass is 16.5. The number of methoxy groups -OCH3 is 1. The van der Waals surface area contributed by atoms with Crippen LogP contribution < -0.4 is 14.8 Å². The molecule has 0 bridgehead atoms. The lowest BCUT2D eigenvalue weighted by Gasteiger charge is -2.28. The molecule has 2 unspecified atom stereocenters. The number of carbonyl (C=O) groups is 2. The average molecular weight is 379 g/mol. The van der Waals surface area contributed by atoms with Crippen LogP contribution >= 0.6 is 0 Å². The van der Waals surface area contributed by atoms with Gasteiger partial charge in [0.05, 0.1) is 20.3 Å². The first-order chi connectivity index (χ1) is 12.9. The molecule has 2 rings (SSSR count). The van der Waals surface area contributed by atoms with E-state index in [1.54, 1.807) is 18.2 Å². The Kier molecular flexibility index (Phi) is 7.91. The maximum absolute atomic E-state index is 12.6. The predicted octanol–water partition coefficient (Wildman–Crippen LogP) is 2.73. The molecule has 2 atom stereocenters. The molecule has 1 aromatic carbocycles. The Morgan fingerprint density at radius 2 is 2.11 bits per heavy atom. The molecule has 7 nitrogen and oxygen atoms in total. The lowest BCUT2D eigenvalue weighted by Crippen LogP contribution is -2.48. The largest absolute Gasteiger partial charge is 0.493 e. The van der Waals surface area contributed by atoms with Crippen LogP contribution in [0, 0.1) is 11.8 Å². The van der Waals surface area contributed by atoms with E-state index in [1.165, 1.54) is 7.11 Å². The zero-order valence-electron chi connectivity index (χ0n) is 16.2. The molecule has 1 aliphatic rings. The molecular weight excluding hydrogens is 350 g/mol. The van der Waals surface area contributed by atoms with Gasteiger partial charge in [-0.25, -0.2) is 4.79 Å². The summed E-state index contributed by atoms with van der Waals surface area (Å²) in [7, 11) is 1.51. The highest BCUT2D eigenvalue weighted by molar-refractivity contribution is 5.97. The predicted molar refractivity (Wildman–Crippen MR) is 100 cm³/mol. The number of hydrogen-bond donors (Lipinski definition) is 2. The van der Waals surface area contributed by atoms with Crippen molar-refractivity contribution in [3.63, 3.8) is 0 Å². The van der Waals surface area contributed by atoms with Crippen LogP contribution in [0.2, 0.25) is 0 Å². The van der Waals surface area contributed by atoms with Crippen molar-refractivity contribution in [2.45, 2.75) is 39.2 Å². The van der Waals surface area contributed by atoms with E-state index < -0.39 is 17.9 Å². The normalized spacial score (nSPS) is 18.0. The molecule has 1 amide bonds. The smallest absolute Gasteiger partial charge is 0.326 e. The first-order valence-electron chi connectivity index (χ1n) is 9.34. The summed E-state index contributed by atoms with van der Waals surface area (Å²) in [5.41, 5.74) is 0.325. The van der Waals surface area contributed by atoms with E-state index in [1.807, 2.05) is 0 Å². The molecule has 27 heavy (non-hydrogen) atoms. The topological polar surface area (TPSA) is 94.1 Å². The quantitative estimate of drug-likeness (QED) is 0.685. The number of carbonyl (C=O) groups excluding carboxylic acids is 1. The maximum atomic E-state index is 12.6. The van der Waals surface area contributed by atoms with Gasteiger partial charge in [0.25, 0.3) is 5.91 Å².